The summed E-state index contributed by atoms with van der Waals surface area (Å²) >= 11 is 1.49. The van der Waals surface area contributed by atoms with Gasteiger partial charge >= 0.3 is 0 Å². The van der Waals surface area contributed by atoms with Gasteiger partial charge in [-0.1, -0.05) is 20.8 Å². The van der Waals surface area contributed by atoms with E-state index in [-0.39, 0.29) is 22.9 Å². The number of carbonyl (C=O) groups is 1. The molecular formula is C20H26N4O2S. The molecule has 2 aromatic rings. The second-order valence-corrected chi connectivity index (χ2v) is 9.61. The summed E-state index contributed by atoms with van der Waals surface area (Å²) in [4.78, 5) is 33.0. The van der Waals surface area contributed by atoms with Crippen LogP contribution in [-0.2, 0) is 5.41 Å². The SMILES string of the molecule is CC(C)(C)c1cnc(-n2cc(C(=O)N[C@@H]3CN4CCC3CC4)ccc2=O)s1. The second-order valence-electron chi connectivity index (χ2n) is 8.60. The molecule has 27 heavy (non-hydrogen) atoms. The van der Waals surface area contributed by atoms with Crippen LogP contribution in [0.1, 0.15) is 48.8 Å². The fourth-order valence-corrected chi connectivity index (χ4v) is 4.83. The van der Waals surface area contributed by atoms with Crippen LogP contribution in [0.2, 0.25) is 0 Å². The number of hydrogen-bond donors (Lipinski definition) is 1. The number of amides is 1. The van der Waals surface area contributed by atoms with Crippen LogP contribution < -0.4 is 10.9 Å². The fraction of sp³-hybridized carbons (Fsp3) is 0.550. The number of rotatable bonds is 3. The monoisotopic (exact) mass is 386 g/mol. The Morgan fingerprint density at radius 1 is 1.26 bits per heavy atom. The van der Waals surface area contributed by atoms with Crippen molar-refractivity contribution in [2.75, 3.05) is 19.6 Å². The lowest BCUT2D eigenvalue weighted by Crippen LogP contribution is -2.57. The van der Waals surface area contributed by atoms with Crippen molar-refractivity contribution in [1.29, 1.82) is 0 Å². The first-order chi connectivity index (χ1) is 12.8. The Hall–Kier alpha value is -1.99. The van der Waals surface area contributed by atoms with Crippen molar-refractivity contribution < 1.29 is 4.79 Å². The molecule has 3 saturated heterocycles. The highest BCUT2D eigenvalue weighted by atomic mass is 32.1. The number of carbonyl (C=O) groups excluding carboxylic acids is 1. The second kappa shape index (κ2) is 6.87. The molecule has 0 aromatic carbocycles. The van der Waals surface area contributed by atoms with Gasteiger partial charge in [0.25, 0.3) is 11.5 Å². The topological polar surface area (TPSA) is 67.2 Å². The molecule has 7 heteroatoms. The average Bonchev–Trinajstić information content (AvgIpc) is 3.13. The van der Waals surface area contributed by atoms with E-state index in [0.29, 0.717) is 16.6 Å². The summed E-state index contributed by atoms with van der Waals surface area (Å²) in [5.74, 6) is 0.452. The largest absolute Gasteiger partial charge is 0.348 e. The molecule has 144 valence electrons. The molecule has 2 aromatic heterocycles. The van der Waals surface area contributed by atoms with Crippen molar-refractivity contribution in [2.45, 2.75) is 45.1 Å². The van der Waals surface area contributed by atoms with Crippen molar-refractivity contribution in [3.63, 3.8) is 0 Å². The summed E-state index contributed by atoms with van der Waals surface area (Å²) in [7, 11) is 0. The maximum atomic E-state index is 12.8. The summed E-state index contributed by atoms with van der Waals surface area (Å²) in [5.41, 5.74) is 0.298. The van der Waals surface area contributed by atoms with E-state index in [1.165, 1.54) is 22.0 Å². The molecule has 5 rings (SSSR count). The number of nitrogens with one attached hydrogen (secondary N) is 1. The Labute approximate surface area is 163 Å². The Morgan fingerprint density at radius 2 is 2.00 bits per heavy atom. The van der Waals surface area contributed by atoms with Gasteiger partial charge in [-0.2, -0.15) is 0 Å². The third-order valence-electron chi connectivity index (χ3n) is 5.58. The minimum atomic E-state index is -0.177. The molecule has 3 aliphatic heterocycles. The van der Waals surface area contributed by atoms with Gasteiger partial charge in [-0.05, 0) is 43.3 Å². The lowest BCUT2D eigenvalue weighted by atomic mass is 9.84. The highest BCUT2D eigenvalue weighted by molar-refractivity contribution is 7.14. The third-order valence-corrected chi connectivity index (χ3v) is 7.01. The molecule has 0 saturated carbocycles. The number of fused-ring (bicyclic) bond motifs is 3. The molecule has 1 amide bonds. The van der Waals surface area contributed by atoms with E-state index in [0.717, 1.165) is 37.4 Å². The van der Waals surface area contributed by atoms with E-state index < -0.39 is 0 Å². The van der Waals surface area contributed by atoms with Crippen LogP contribution in [-0.4, -0.2) is 46.0 Å². The number of thiazole rings is 1. The number of pyridine rings is 1. The van der Waals surface area contributed by atoms with E-state index in [4.69, 9.17) is 0 Å². The van der Waals surface area contributed by atoms with Crippen molar-refractivity contribution in [2.24, 2.45) is 5.92 Å². The van der Waals surface area contributed by atoms with Gasteiger partial charge in [0, 0.05) is 35.9 Å². The zero-order valence-corrected chi connectivity index (χ0v) is 16.9. The standard InChI is InChI=1S/C20H26N4O2S/c1-20(2,3)16-10-21-19(27-16)24-11-14(4-5-17(24)25)18(26)22-15-12-23-8-6-13(15)7-9-23/h4-5,10-11,13,15H,6-9,12H2,1-3H3,(H,22,26)/t15-/m1/s1. The maximum absolute atomic E-state index is 12.8. The molecule has 3 aliphatic rings. The summed E-state index contributed by atoms with van der Waals surface area (Å²) in [6.07, 6.45) is 5.73. The van der Waals surface area contributed by atoms with Crippen molar-refractivity contribution >= 4 is 17.2 Å². The first-order valence-corrected chi connectivity index (χ1v) is 10.4. The number of piperidine rings is 3. The Bertz CT molecular complexity index is 903. The zero-order valence-electron chi connectivity index (χ0n) is 16.1. The van der Waals surface area contributed by atoms with E-state index in [1.807, 2.05) is 6.20 Å². The highest BCUT2D eigenvalue weighted by Gasteiger charge is 2.35. The normalized spacial score (nSPS) is 24.8. The minimum Gasteiger partial charge on any atom is -0.348 e. The average molecular weight is 387 g/mol. The Morgan fingerprint density at radius 3 is 2.59 bits per heavy atom. The predicted molar refractivity (Wildman–Crippen MR) is 107 cm³/mol. The quantitative estimate of drug-likeness (QED) is 0.880. The van der Waals surface area contributed by atoms with Gasteiger partial charge in [-0.25, -0.2) is 4.98 Å². The van der Waals surface area contributed by atoms with Crippen molar-refractivity contribution in [3.05, 3.63) is 45.3 Å². The number of nitrogens with zero attached hydrogens (tertiary/aromatic N) is 3. The molecule has 5 heterocycles. The van der Waals surface area contributed by atoms with Crippen molar-refractivity contribution in [3.8, 4) is 5.13 Å². The van der Waals surface area contributed by atoms with Gasteiger partial charge in [0.1, 0.15) is 0 Å². The van der Waals surface area contributed by atoms with Crippen LogP contribution in [0.25, 0.3) is 5.13 Å². The molecule has 1 atom stereocenters. The minimum absolute atomic E-state index is 0.0237. The molecule has 3 fully saturated rings. The van der Waals surface area contributed by atoms with Crippen LogP contribution in [0.5, 0.6) is 0 Å². The van der Waals surface area contributed by atoms with Crippen molar-refractivity contribution in [1.82, 2.24) is 19.8 Å². The van der Waals surface area contributed by atoms with Gasteiger partial charge in [0.05, 0.1) is 5.56 Å². The van der Waals surface area contributed by atoms with Gasteiger partial charge in [0.2, 0.25) is 0 Å². The fourth-order valence-electron chi connectivity index (χ4n) is 3.87. The molecule has 0 aliphatic carbocycles. The van der Waals surface area contributed by atoms with Crippen LogP contribution in [0.3, 0.4) is 0 Å². The zero-order chi connectivity index (χ0) is 19.2. The van der Waals surface area contributed by atoms with Crippen LogP contribution >= 0.6 is 11.3 Å². The Kier molecular flexibility index (Phi) is 4.68. The lowest BCUT2D eigenvalue weighted by molar-refractivity contribution is 0.0620. The Balaban J connectivity index is 1.56. The van der Waals surface area contributed by atoms with E-state index in [9.17, 15) is 9.59 Å². The van der Waals surface area contributed by atoms with Gasteiger partial charge in [-0.15, -0.1) is 11.3 Å². The van der Waals surface area contributed by atoms with Crippen LogP contribution in [0.15, 0.2) is 29.3 Å². The van der Waals surface area contributed by atoms with Gasteiger partial charge in [-0.3, -0.25) is 14.2 Å². The smallest absolute Gasteiger partial charge is 0.256 e. The van der Waals surface area contributed by atoms with Gasteiger partial charge < -0.3 is 10.2 Å². The third kappa shape index (κ3) is 3.71. The van der Waals surface area contributed by atoms with Gasteiger partial charge in [0.15, 0.2) is 5.13 Å². The van der Waals surface area contributed by atoms with E-state index in [2.05, 4.69) is 36.0 Å². The molecule has 0 unspecified atom stereocenters. The lowest BCUT2D eigenvalue weighted by Gasteiger charge is -2.44. The summed E-state index contributed by atoms with van der Waals surface area (Å²) in [6, 6.07) is 3.25. The first-order valence-electron chi connectivity index (χ1n) is 9.54. The molecule has 0 spiro atoms. The summed E-state index contributed by atoms with van der Waals surface area (Å²) < 4.78 is 1.48. The summed E-state index contributed by atoms with van der Waals surface area (Å²) in [6.45, 7) is 9.56. The molecule has 6 nitrogen and oxygen atoms in total. The van der Waals surface area contributed by atoms with E-state index >= 15 is 0 Å². The predicted octanol–water partition coefficient (Wildman–Crippen LogP) is 2.42. The molecule has 2 bridgehead atoms. The van der Waals surface area contributed by atoms with Crippen LogP contribution in [0, 0.1) is 5.92 Å². The highest BCUT2D eigenvalue weighted by Crippen LogP contribution is 2.29. The maximum Gasteiger partial charge on any atom is 0.256 e. The number of hydrogen-bond acceptors (Lipinski definition) is 5. The first kappa shape index (κ1) is 18.4. The molecule has 0 radical (unpaired) electrons. The van der Waals surface area contributed by atoms with E-state index in [1.54, 1.807) is 12.3 Å². The number of aromatic nitrogens is 2. The molecule has 1 N–H and O–H groups in total. The van der Waals surface area contributed by atoms with Crippen LogP contribution in [0.4, 0.5) is 0 Å². The molecular weight excluding hydrogens is 360 g/mol. The summed E-state index contributed by atoms with van der Waals surface area (Å²) in [5, 5.41) is 3.78.